The zero-order valence-corrected chi connectivity index (χ0v) is 15.4. The van der Waals surface area contributed by atoms with Gasteiger partial charge in [-0.15, -0.1) is 0 Å². The van der Waals surface area contributed by atoms with Crippen molar-refractivity contribution in [3.63, 3.8) is 0 Å². The van der Waals surface area contributed by atoms with Gasteiger partial charge in [0.1, 0.15) is 17.3 Å². The van der Waals surface area contributed by atoms with Crippen molar-refractivity contribution in [3.05, 3.63) is 47.5 Å². The molecule has 0 amide bonds. The first-order valence-corrected chi connectivity index (χ1v) is 9.86. The second-order valence-electron chi connectivity index (χ2n) is 6.07. The van der Waals surface area contributed by atoms with Crippen LogP contribution >= 0.6 is 11.6 Å². The third-order valence-corrected chi connectivity index (χ3v) is 5.05. The largest absolute Gasteiger partial charge is 0.489 e. The molecule has 0 radical (unpaired) electrons. The molecule has 4 nitrogen and oxygen atoms in total. The number of rotatable bonds is 6. The van der Waals surface area contributed by atoms with Crippen molar-refractivity contribution in [1.29, 1.82) is 0 Å². The van der Waals surface area contributed by atoms with E-state index in [1.807, 2.05) is 26.0 Å². The van der Waals surface area contributed by atoms with Crippen molar-refractivity contribution in [3.8, 4) is 16.9 Å². The van der Waals surface area contributed by atoms with Gasteiger partial charge in [0.25, 0.3) is 0 Å². The number of hydrogen-bond donors (Lipinski definition) is 1. The molecule has 2 aromatic carbocycles. The average molecular weight is 369 g/mol. The van der Waals surface area contributed by atoms with Crippen LogP contribution in [0.3, 0.4) is 0 Å². The number of benzene rings is 2. The van der Waals surface area contributed by atoms with Crippen molar-refractivity contribution < 1.29 is 18.3 Å². The lowest BCUT2D eigenvalue weighted by Gasteiger charge is -2.17. The number of ether oxygens (including phenoxy) is 1. The molecule has 0 aliphatic rings. The first kappa shape index (κ1) is 18.8. The van der Waals surface area contributed by atoms with Crippen LogP contribution in [0.1, 0.15) is 13.8 Å². The van der Waals surface area contributed by atoms with Crippen LogP contribution < -0.4 is 4.74 Å². The first-order valence-electron chi connectivity index (χ1n) is 7.59. The summed E-state index contributed by atoms with van der Waals surface area (Å²) in [6, 6.07) is 12.2. The Morgan fingerprint density at radius 1 is 1.12 bits per heavy atom. The summed E-state index contributed by atoms with van der Waals surface area (Å²) >= 11 is 6.02. The Labute approximate surface area is 148 Å². The van der Waals surface area contributed by atoms with E-state index in [1.165, 1.54) is 6.07 Å². The minimum atomic E-state index is -3.44. The molecule has 1 atom stereocenters. The van der Waals surface area contributed by atoms with Gasteiger partial charge in [-0.05, 0) is 41.3 Å². The molecule has 0 fully saturated rings. The Balaban J connectivity index is 2.42. The summed E-state index contributed by atoms with van der Waals surface area (Å²) in [4.78, 5) is 0.101. The molecular weight excluding hydrogens is 348 g/mol. The SMILES string of the molecule is CC(C)C(O)COc1cc(-c2cccc(Cl)c2)ccc1S(C)(=O)=O. The molecule has 0 heterocycles. The summed E-state index contributed by atoms with van der Waals surface area (Å²) in [7, 11) is -3.44. The lowest BCUT2D eigenvalue weighted by molar-refractivity contribution is 0.0689. The monoisotopic (exact) mass is 368 g/mol. The van der Waals surface area contributed by atoms with E-state index in [9.17, 15) is 13.5 Å². The van der Waals surface area contributed by atoms with Crippen molar-refractivity contribution in [2.75, 3.05) is 12.9 Å². The van der Waals surface area contributed by atoms with Gasteiger partial charge in [0.05, 0.1) is 6.10 Å². The van der Waals surface area contributed by atoms with Crippen LogP contribution in [0.25, 0.3) is 11.1 Å². The Morgan fingerprint density at radius 2 is 1.79 bits per heavy atom. The van der Waals surface area contributed by atoms with E-state index >= 15 is 0 Å². The van der Waals surface area contributed by atoms with Gasteiger partial charge in [0.15, 0.2) is 9.84 Å². The van der Waals surface area contributed by atoms with E-state index in [2.05, 4.69) is 0 Å². The molecule has 0 saturated carbocycles. The van der Waals surface area contributed by atoms with E-state index in [4.69, 9.17) is 16.3 Å². The van der Waals surface area contributed by atoms with Crippen LogP contribution in [0.5, 0.6) is 5.75 Å². The quantitative estimate of drug-likeness (QED) is 0.842. The van der Waals surface area contributed by atoms with E-state index in [0.717, 1.165) is 17.4 Å². The number of sulfone groups is 1. The summed E-state index contributed by atoms with van der Waals surface area (Å²) in [5.74, 6) is 0.248. The lowest BCUT2D eigenvalue weighted by atomic mass is 10.1. The fraction of sp³-hybridized carbons (Fsp3) is 0.333. The van der Waals surface area contributed by atoms with E-state index in [-0.39, 0.29) is 23.2 Å². The van der Waals surface area contributed by atoms with Crippen LogP contribution in [0, 0.1) is 5.92 Å². The molecule has 2 aromatic rings. The maximum Gasteiger partial charge on any atom is 0.179 e. The molecule has 1 N–H and O–H groups in total. The third kappa shape index (κ3) is 4.72. The van der Waals surface area contributed by atoms with Gasteiger partial charge in [0, 0.05) is 11.3 Å². The maximum atomic E-state index is 12.0. The van der Waals surface area contributed by atoms with Gasteiger partial charge in [0.2, 0.25) is 0 Å². The van der Waals surface area contributed by atoms with Gasteiger partial charge in [-0.3, -0.25) is 0 Å². The molecule has 1 unspecified atom stereocenters. The standard InChI is InChI=1S/C18H21ClO4S/c1-12(2)16(20)11-23-17-10-14(7-8-18(17)24(3,21)22)13-5-4-6-15(19)9-13/h4-10,12,16,20H,11H2,1-3H3. The highest BCUT2D eigenvalue weighted by molar-refractivity contribution is 7.90. The summed E-state index contributed by atoms with van der Waals surface area (Å²) in [6.07, 6.45) is 0.458. The van der Waals surface area contributed by atoms with Crippen molar-refractivity contribution >= 4 is 21.4 Å². The van der Waals surface area contributed by atoms with Gasteiger partial charge < -0.3 is 9.84 Å². The summed E-state index contributed by atoms with van der Waals surface area (Å²) in [5.41, 5.74) is 1.65. The topological polar surface area (TPSA) is 63.6 Å². The Kier molecular flexibility index (Phi) is 5.91. The van der Waals surface area contributed by atoms with Crippen molar-refractivity contribution in [2.24, 2.45) is 5.92 Å². The fourth-order valence-electron chi connectivity index (χ4n) is 2.14. The van der Waals surface area contributed by atoms with E-state index in [0.29, 0.717) is 5.02 Å². The number of aliphatic hydroxyl groups excluding tert-OH is 1. The van der Waals surface area contributed by atoms with Crippen molar-refractivity contribution in [1.82, 2.24) is 0 Å². The number of aliphatic hydroxyl groups is 1. The number of hydrogen-bond acceptors (Lipinski definition) is 4. The Hall–Kier alpha value is -1.56. The normalized spacial score (nSPS) is 13.1. The van der Waals surface area contributed by atoms with Gasteiger partial charge >= 0.3 is 0 Å². The predicted octanol–water partition coefficient (Wildman–Crippen LogP) is 3.81. The molecule has 2 rings (SSSR count). The maximum absolute atomic E-state index is 12.0. The fourth-order valence-corrected chi connectivity index (χ4v) is 3.13. The second kappa shape index (κ2) is 7.55. The first-order chi connectivity index (χ1) is 11.2. The van der Waals surface area contributed by atoms with Crippen molar-refractivity contribution in [2.45, 2.75) is 24.8 Å². The van der Waals surface area contributed by atoms with E-state index < -0.39 is 15.9 Å². The van der Waals surface area contributed by atoms with Crippen LogP contribution in [0.15, 0.2) is 47.4 Å². The lowest BCUT2D eigenvalue weighted by Crippen LogP contribution is -2.23. The average Bonchev–Trinajstić information content (AvgIpc) is 2.51. The zero-order valence-electron chi connectivity index (χ0n) is 13.9. The molecule has 0 saturated heterocycles. The summed E-state index contributed by atoms with van der Waals surface area (Å²) in [5, 5.41) is 10.5. The summed E-state index contributed by atoms with van der Waals surface area (Å²) < 4.78 is 29.6. The van der Waals surface area contributed by atoms with Crippen LogP contribution in [0.2, 0.25) is 5.02 Å². The van der Waals surface area contributed by atoms with Gasteiger partial charge in [-0.25, -0.2) is 8.42 Å². The molecule has 130 valence electrons. The Bertz CT molecular complexity index is 816. The van der Waals surface area contributed by atoms with E-state index in [1.54, 1.807) is 24.3 Å². The van der Waals surface area contributed by atoms with Crippen LogP contribution in [-0.4, -0.2) is 32.5 Å². The molecule has 0 aliphatic heterocycles. The molecule has 24 heavy (non-hydrogen) atoms. The third-order valence-electron chi connectivity index (χ3n) is 3.68. The van der Waals surface area contributed by atoms with Gasteiger partial charge in [-0.2, -0.15) is 0 Å². The molecule has 6 heteroatoms. The minimum absolute atomic E-state index is 0.0165. The molecule has 0 aromatic heterocycles. The molecule has 0 bridgehead atoms. The minimum Gasteiger partial charge on any atom is -0.489 e. The highest BCUT2D eigenvalue weighted by atomic mass is 35.5. The summed E-state index contributed by atoms with van der Waals surface area (Å²) in [6.45, 7) is 3.76. The molecule has 0 spiro atoms. The number of halogens is 1. The van der Waals surface area contributed by atoms with Gasteiger partial charge in [-0.1, -0.05) is 43.6 Å². The zero-order chi connectivity index (χ0) is 17.9. The smallest absolute Gasteiger partial charge is 0.179 e. The Morgan fingerprint density at radius 3 is 2.38 bits per heavy atom. The predicted molar refractivity (Wildman–Crippen MR) is 96.3 cm³/mol. The van der Waals surface area contributed by atoms with Crippen LogP contribution in [-0.2, 0) is 9.84 Å². The molecule has 0 aliphatic carbocycles. The molecular formula is C18H21ClO4S. The second-order valence-corrected chi connectivity index (χ2v) is 8.49. The van der Waals surface area contributed by atoms with Crippen LogP contribution in [0.4, 0.5) is 0 Å². The highest BCUT2D eigenvalue weighted by Crippen LogP contribution is 2.31. The highest BCUT2D eigenvalue weighted by Gasteiger charge is 2.18.